The molecule has 0 atom stereocenters. The monoisotopic (exact) mass is 348 g/mol. The predicted octanol–water partition coefficient (Wildman–Crippen LogP) is 2.26. The highest BCUT2D eigenvalue weighted by molar-refractivity contribution is 6.31. The number of aryl methyl sites for hydroxylation is 1. The Morgan fingerprint density at radius 1 is 1.38 bits per heavy atom. The number of amides is 1. The maximum atomic E-state index is 13.0. The lowest BCUT2D eigenvalue weighted by molar-refractivity contribution is -0.117. The Labute approximate surface area is 142 Å². The number of rotatable bonds is 5. The molecule has 1 N–H and O–H groups in total. The number of hydrogen-bond acceptors (Lipinski definition) is 4. The van der Waals surface area contributed by atoms with E-state index in [1.807, 2.05) is 13.0 Å². The average molecular weight is 349 g/mol. The van der Waals surface area contributed by atoms with Crippen molar-refractivity contribution < 1.29 is 9.18 Å². The third-order valence-corrected chi connectivity index (χ3v) is 3.71. The Kier molecular flexibility index (Phi) is 4.57. The second-order valence-corrected chi connectivity index (χ2v) is 5.59. The molecule has 1 amide bonds. The SMILES string of the molecule is Cc1ccnn1CC(=O)Nc1ncn(Cc2ccc(F)cc2Cl)n1. The lowest BCUT2D eigenvalue weighted by Crippen LogP contribution is -2.21. The molecule has 0 saturated heterocycles. The predicted molar refractivity (Wildman–Crippen MR) is 86.1 cm³/mol. The maximum absolute atomic E-state index is 13.0. The molecule has 0 radical (unpaired) electrons. The number of carbonyl (C=O) groups is 1. The van der Waals surface area contributed by atoms with E-state index in [1.54, 1.807) is 16.9 Å². The van der Waals surface area contributed by atoms with Gasteiger partial charge >= 0.3 is 0 Å². The van der Waals surface area contributed by atoms with Crippen molar-refractivity contribution in [1.82, 2.24) is 24.5 Å². The van der Waals surface area contributed by atoms with Gasteiger partial charge in [-0.2, -0.15) is 5.10 Å². The highest BCUT2D eigenvalue weighted by Gasteiger charge is 2.10. The minimum Gasteiger partial charge on any atom is -0.292 e. The summed E-state index contributed by atoms with van der Waals surface area (Å²) < 4.78 is 16.1. The standard InChI is InChI=1S/C15H14ClFN6O/c1-10-4-5-19-23(10)8-14(24)20-15-18-9-22(21-15)7-11-2-3-12(17)6-13(11)16/h2-6,9H,7-8H2,1H3,(H,20,21,24). The zero-order chi connectivity index (χ0) is 17.1. The summed E-state index contributed by atoms with van der Waals surface area (Å²) in [5.41, 5.74) is 1.59. The van der Waals surface area contributed by atoms with Crippen molar-refractivity contribution in [2.75, 3.05) is 5.32 Å². The topological polar surface area (TPSA) is 77.6 Å². The molecule has 3 rings (SSSR count). The number of benzene rings is 1. The van der Waals surface area contributed by atoms with E-state index in [-0.39, 0.29) is 18.4 Å². The molecule has 0 spiro atoms. The Morgan fingerprint density at radius 3 is 2.92 bits per heavy atom. The number of anilines is 1. The highest BCUT2D eigenvalue weighted by Crippen LogP contribution is 2.18. The lowest BCUT2D eigenvalue weighted by atomic mass is 10.2. The molecule has 7 nitrogen and oxygen atoms in total. The number of nitrogens with one attached hydrogen (secondary N) is 1. The molecule has 124 valence electrons. The molecule has 0 aliphatic carbocycles. The summed E-state index contributed by atoms with van der Waals surface area (Å²) in [6, 6.07) is 5.96. The number of aromatic nitrogens is 5. The summed E-state index contributed by atoms with van der Waals surface area (Å²) in [7, 11) is 0. The molecule has 3 aromatic rings. The van der Waals surface area contributed by atoms with E-state index >= 15 is 0 Å². The van der Waals surface area contributed by atoms with Gasteiger partial charge in [-0.1, -0.05) is 17.7 Å². The van der Waals surface area contributed by atoms with Crippen LogP contribution in [0, 0.1) is 12.7 Å². The Bertz CT molecular complexity index is 874. The molecule has 0 aliphatic rings. The van der Waals surface area contributed by atoms with Gasteiger partial charge in [0, 0.05) is 16.9 Å². The van der Waals surface area contributed by atoms with Gasteiger partial charge in [0.2, 0.25) is 11.9 Å². The van der Waals surface area contributed by atoms with Gasteiger partial charge < -0.3 is 0 Å². The van der Waals surface area contributed by atoms with Crippen LogP contribution in [-0.2, 0) is 17.9 Å². The first-order chi connectivity index (χ1) is 11.5. The Morgan fingerprint density at radius 2 is 2.21 bits per heavy atom. The Hall–Kier alpha value is -2.74. The van der Waals surface area contributed by atoms with Gasteiger partial charge in [0.05, 0.1) is 6.54 Å². The van der Waals surface area contributed by atoms with Crippen LogP contribution in [-0.4, -0.2) is 30.5 Å². The molecule has 9 heteroatoms. The third-order valence-electron chi connectivity index (χ3n) is 3.36. The molecule has 2 aromatic heterocycles. The summed E-state index contributed by atoms with van der Waals surface area (Å²) in [4.78, 5) is 16.0. The van der Waals surface area contributed by atoms with E-state index in [9.17, 15) is 9.18 Å². The van der Waals surface area contributed by atoms with E-state index in [0.29, 0.717) is 17.1 Å². The van der Waals surface area contributed by atoms with Crippen LogP contribution in [0.25, 0.3) is 0 Å². The molecule has 0 bridgehead atoms. The van der Waals surface area contributed by atoms with Crippen molar-refractivity contribution in [3.05, 3.63) is 58.9 Å². The number of carbonyl (C=O) groups excluding carboxylic acids is 1. The second kappa shape index (κ2) is 6.79. The molecule has 2 heterocycles. The second-order valence-electron chi connectivity index (χ2n) is 5.18. The summed E-state index contributed by atoms with van der Waals surface area (Å²) in [6.07, 6.45) is 3.09. The first-order valence-corrected chi connectivity index (χ1v) is 7.51. The van der Waals surface area contributed by atoms with Crippen LogP contribution in [0.2, 0.25) is 5.02 Å². The first kappa shape index (κ1) is 16.1. The minimum absolute atomic E-state index is 0.0805. The summed E-state index contributed by atoms with van der Waals surface area (Å²) in [5.74, 6) is -0.494. The number of halogens is 2. The van der Waals surface area contributed by atoms with Gasteiger partial charge in [0.25, 0.3) is 0 Å². The zero-order valence-corrected chi connectivity index (χ0v) is 13.5. The normalized spacial score (nSPS) is 10.8. The lowest BCUT2D eigenvalue weighted by Gasteiger charge is -2.05. The van der Waals surface area contributed by atoms with Gasteiger partial charge in [-0.05, 0) is 30.7 Å². The fourth-order valence-corrected chi connectivity index (χ4v) is 2.34. The summed E-state index contributed by atoms with van der Waals surface area (Å²) in [6.45, 7) is 2.26. The molecule has 0 aliphatic heterocycles. The van der Waals surface area contributed by atoms with E-state index in [0.717, 1.165) is 5.69 Å². The van der Waals surface area contributed by atoms with Gasteiger partial charge in [-0.15, -0.1) is 5.10 Å². The van der Waals surface area contributed by atoms with E-state index in [1.165, 1.54) is 23.1 Å². The fraction of sp³-hybridized carbons (Fsp3) is 0.200. The van der Waals surface area contributed by atoms with E-state index in [2.05, 4.69) is 20.5 Å². The maximum Gasteiger partial charge on any atom is 0.248 e. The van der Waals surface area contributed by atoms with Crippen molar-refractivity contribution in [3.8, 4) is 0 Å². The van der Waals surface area contributed by atoms with E-state index in [4.69, 9.17) is 11.6 Å². The van der Waals surface area contributed by atoms with Gasteiger partial charge in [-0.3, -0.25) is 14.8 Å². The first-order valence-electron chi connectivity index (χ1n) is 7.13. The van der Waals surface area contributed by atoms with Crippen LogP contribution in [0.5, 0.6) is 0 Å². The fourth-order valence-electron chi connectivity index (χ4n) is 2.12. The van der Waals surface area contributed by atoms with Gasteiger partial charge in [0.1, 0.15) is 18.7 Å². The van der Waals surface area contributed by atoms with Crippen molar-refractivity contribution >= 4 is 23.5 Å². The zero-order valence-electron chi connectivity index (χ0n) is 12.8. The largest absolute Gasteiger partial charge is 0.292 e. The average Bonchev–Trinajstić information content (AvgIpc) is 3.12. The van der Waals surface area contributed by atoms with Crippen LogP contribution < -0.4 is 5.32 Å². The highest BCUT2D eigenvalue weighted by atomic mass is 35.5. The minimum atomic E-state index is -0.399. The third kappa shape index (κ3) is 3.77. The van der Waals surface area contributed by atoms with E-state index < -0.39 is 5.82 Å². The van der Waals surface area contributed by atoms with Crippen LogP contribution in [0.3, 0.4) is 0 Å². The molecular weight excluding hydrogens is 335 g/mol. The van der Waals surface area contributed by atoms with Gasteiger partial charge in [-0.25, -0.2) is 14.1 Å². The molecule has 24 heavy (non-hydrogen) atoms. The molecular formula is C15H14ClFN6O. The van der Waals surface area contributed by atoms with Crippen LogP contribution in [0.1, 0.15) is 11.3 Å². The smallest absolute Gasteiger partial charge is 0.248 e. The van der Waals surface area contributed by atoms with Crippen LogP contribution in [0.15, 0.2) is 36.8 Å². The molecule has 0 unspecified atom stereocenters. The number of hydrogen-bond donors (Lipinski definition) is 1. The molecule has 1 aromatic carbocycles. The molecule has 0 saturated carbocycles. The number of nitrogens with zero attached hydrogens (tertiary/aromatic N) is 5. The van der Waals surface area contributed by atoms with Crippen LogP contribution >= 0.6 is 11.6 Å². The Balaban J connectivity index is 1.63. The van der Waals surface area contributed by atoms with Crippen molar-refractivity contribution in [1.29, 1.82) is 0 Å². The molecule has 0 fully saturated rings. The summed E-state index contributed by atoms with van der Waals surface area (Å²) >= 11 is 5.98. The van der Waals surface area contributed by atoms with Gasteiger partial charge in [0.15, 0.2) is 0 Å². The van der Waals surface area contributed by atoms with Crippen LogP contribution in [0.4, 0.5) is 10.3 Å². The van der Waals surface area contributed by atoms with Crippen molar-refractivity contribution in [3.63, 3.8) is 0 Å². The van der Waals surface area contributed by atoms with Crippen molar-refractivity contribution in [2.45, 2.75) is 20.0 Å². The van der Waals surface area contributed by atoms with Crippen molar-refractivity contribution in [2.24, 2.45) is 0 Å². The quantitative estimate of drug-likeness (QED) is 0.767. The summed E-state index contributed by atoms with van der Waals surface area (Å²) in [5, 5.41) is 11.1.